The highest BCUT2D eigenvalue weighted by molar-refractivity contribution is 5.78. The van der Waals surface area contributed by atoms with Crippen LogP contribution in [0.2, 0.25) is 0 Å². The molecule has 1 fully saturated rings. The first kappa shape index (κ1) is 12.9. The van der Waals surface area contributed by atoms with Crippen LogP contribution >= 0.6 is 0 Å². The molecule has 5 heteroatoms. The summed E-state index contributed by atoms with van der Waals surface area (Å²) in [6, 6.07) is 2.16. The van der Waals surface area contributed by atoms with E-state index in [4.69, 9.17) is 11.0 Å². The summed E-state index contributed by atoms with van der Waals surface area (Å²) in [6.45, 7) is 4.35. The molecule has 5 nitrogen and oxygen atoms in total. The number of carbonyl (C=O) groups is 1. The summed E-state index contributed by atoms with van der Waals surface area (Å²) in [4.78, 5) is 13.5. The van der Waals surface area contributed by atoms with Crippen LogP contribution < -0.4 is 11.1 Å². The zero-order valence-corrected chi connectivity index (χ0v) is 9.78. The lowest BCUT2D eigenvalue weighted by molar-refractivity contribution is -0.122. The SMILES string of the molecule is CCC1CN(CC(=O)NCC#N)CCC1N. The Morgan fingerprint density at radius 3 is 3.06 bits per heavy atom. The number of rotatable bonds is 4. The van der Waals surface area contributed by atoms with Crippen molar-refractivity contribution in [2.24, 2.45) is 11.7 Å². The van der Waals surface area contributed by atoms with E-state index in [9.17, 15) is 4.79 Å². The minimum atomic E-state index is -0.0770. The molecule has 1 rings (SSSR count). The predicted octanol–water partition coefficient (Wildman–Crippen LogP) is -0.315. The Hall–Kier alpha value is -1.12. The van der Waals surface area contributed by atoms with Gasteiger partial charge in [-0.1, -0.05) is 13.3 Å². The topological polar surface area (TPSA) is 82.2 Å². The summed E-state index contributed by atoms with van der Waals surface area (Å²) >= 11 is 0. The number of carbonyl (C=O) groups excluding carboxylic acids is 1. The van der Waals surface area contributed by atoms with Crippen LogP contribution in [0.3, 0.4) is 0 Å². The normalized spacial score (nSPS) is 26.1. The van der Waals surface area contributed by atoms with Crippen LogP contribution in [-0.2, 0) is 4.79 Å². The van der Waals surface area contributed by atoms with Crippen molar-refractivity contribution in [2.75, 3.05) is 26.2 Å². The number of hydrogen-bond donors (Lipinski definition) is 2. The summed E-state index contributed by atoms with van der Waals surface area (Å²) < 4.78 is 0. The number of piperidine rings is 1. The quantitative estimate of drug-likeness (QED) is 0.641. The second kappa shape index (κ2) is 6.46. The number of nitriles is 1. The van der Waals surface area contributed by atoms with E-state index < -0.39 is 0 Å². The van der Waals surface area contributed by atoms with Gasteiger partial charge < -0.3 is 11.1 Å². The average molecular weight is 224 g/mol. The molecular weight excluding hydrogens is 204 g/mol. The van der Waals surface area contributed by atoms with Gasteiger partial charge in [-0.3, -0.25) is 9.69 Å². The zero-order valence-electron chi connectivity index (χ0n) is 9.78. The molecule has 0 aliphatic carbocycles. The van der Waals surface area contributed by atoms with Crippen molar-refractivity contribution in [1.29, 1.82) is 5.26 Å². The molecule has 0 bridgehead atoms. The average Bonchev–Trinajstić information content (AvgIpc) is 2.29. The summed E-state index contributed by atoms with van der Waals surface area (Å²) in [6.07, 6.45) is 2.00. The highest BCUT2D eigenvalue weighted by Gasteiger charge is 2.25. The Kier molecular flexibility index (Phi) is 5.23. The lowest BCUT2D eigenvalue weighted by Crippen LogP contribution is -2.49. The minimum Gasteiger partial charge on any atom is -0.342 e. The molecule has 1 aliphatic heterocycles. The second-order valence-electron chi connectivity index (χ2n) is 4.29. The van der Waals surface area contributed by atoms with Gasteiger partial charge in [0.1, 0.15) is 6.54 Å². The third kappa shape index (κ3) is 3.80. The minimum absolute atomic E-state index is 0.0770. The Balaban J connectivity index is 2.33. The lowest BCUT2D eigenvalue weighted by Gasteiger charge is -2.35. The highest BCUT2D eigenvalue weighted by Crippen LogP contribution is 2.17. The van der Waals surface area contributed by atoms with E-state index in [-0.39, 0.29) is 18.5 Å². The first-order chi connectivity index (χ1) is 7.67. The van der Waals surface area contributed by atoms with Crippen LogP contribution in [0.1, 0.15) is 19.8 Å². The number of nitrogens with zero attached hydrogens (tertiary/aromatic N) is 2. The second-order valence-corrected chi connectivity index (χ2v) is 4.29. The van der Waals surface area contributed by atoms with Gasteiger partial charge in [0.2, 0.25) is 5.91 Å². The van der Waals surface area contributed by atoms with Gasteiger partial charge in [-0.15, -0.1) is 0 Å². The third-order valence-electron chi connectivity index (χ3n) is 3.13. The molecule has 90 valence electrons. The Morgan fingerprint density at radius 2 is 2.44 bits per heavy atom. The van der Waals surface area contributed by atoms with Gasteiger partial charge in [0.15, 0.2) is 0 Å². The molecule has 1 heterocycles. The van der Waals surface area contributed by atoms with Crippen LogP contribution in [0.5, 0.6) is 0 Å². The standard InChI is InChI=1S/C11H20N4O/c1-2-9-7-15(6-3-10(9)13)8-11(16)14-5-4-12/h9-10H,2-3,5-8,13H2,1H3,(H,14,16). The molecule has 16 heavy (non-hydrogen) atoms. The van der Waals surface area contributed by atoms with E-state index in [1.54, 1.807) is 0 Å². The molecule has 1 amide bonds. The van der Waals surface area contributed by atoms with Crippen LogP contribution in [0.25, 0.3) is 0 Å². The van der Waals surface area contributed by atoms with Crippen LogP contribution in [0, 0.1) is 17.2 Å². The molecule has 0 aromatic carbocycles. The van der Waals surface area contributed by atoms with Crippen molar-refractivity contribution in [3.63, 3.8) is 0 Å². The first-order valence-corrected chi connectivity index (χ1v) is 5.79. The summed E-state index contributed by atoms with van der Waals surface area (Å²) in [5, 5.41) is 10.9. The van der Waals surface area contributed by atoms with Crippen molar-refractivity contribution >= 4 is 5.91 Å². The van der Waals surface area contributed by atoms with Crippen molar-refractivity contribution in [3.05, 3.63) is 0 Å². The molecule has 1 saturated heterocycles. The Morgan fingerprint density at radius 1 is 1.69 bits per heavy atom. The number of nitrogens with one attached hydrogen (secondary N) is 1. The van der Waals surface area contributed by atoms with Gasteiger partial charge in [-0.25, -0.2) is 0 Å². The van der Waals surface area contributed by atoms with Gasteiger partial charge >= 0.3 is 0 Å². The van der Waals surface area contributed by atoms with Gasteiger partial charge in [0.05, 0.1) is 12.6 Å². The van der Waals surface area contributed by atoms with E-state index in [0.29, 0.717) is 12.5 Å². The van der Waals surface area contributed by atoms with Gasteiger partial charge in [-0.05, 0) is 12.3 Å². The fraction of sp³-hybridized carbons (Fsp3) is 0.818. The van der Waals surface area contributed by atoms with Crippen molar-refractivity contribution in [3.8, 4) is 6.07 Å². The van der Waals surface area contributed by atoms with E-state index in [1.165, 1.54) is 0 Å². The molecule has 3 N–H and O–H groups in total. The molecule has 0 saturated carbocycles. The maximum absolute atomic E-state index is 11.4. The van der Waals surface area contributed by atoms with Gasteiger partial charge in [0.25, 0.3) is 0 Å². The van der Waals surface area contributed by atoms with Crippen molar-refractivity contribution in [2.45, 2.75) is 25.8 Å². The van der Waals surface area contributed by atoms with E-state index in [1.807, 2.05) is 6.07 Å². The van der Waals surface area contributed by atoms with E-state index >= 15 is 0 Å². The van der Waals surface area contributed by atoms with Crippen molar-refractivity contribution < 1.29 is 4.79 Å². The molecule has 2 unspecified atom stereocenters. The predicted molar refractivity (Wildman–Crippen MR) is 61.4 cm³/mol. The Bertz CT molecular complexity index is 274. The Labute approximate surface area is 96.6 Å². The summed E-state index contributed by atoms with van der Waals surface area (Å²) in [7, 11) is 0. The van der Waals surface area contributed by atoms with E-state index in [2.05, 4.69) is 17.1 Å². The smallest absolute Gasteiger partial charge is 0.235 e. The fourth-order valence-corrected chi connectivity index (χ4v) is 2.10. The van der Waals surface area contributed by atoms with Crippen LogP contribution in [-0.4, -0.2) is 43.0 Å². The van der Waals surface area contributed by atoms with Crippen LogP contribution in [0.15, 0.2) is 0 Å². The zero-order chi connectivity index (χ0) is 12.0. The summed E-state index contributed by atoms with van der Waals surface area (Å²) in [5.74, 6) is 0.407. The van der Waals surface area contributed by atoms with Crippen molar-refractivity contribution in [1.82, 2.24) is 10.2 Å². The molecule has 0 aromatic rings. The van der Waals surface area contributed by atoms with Gasteiger partial charge in [-0.2, -0.15) is 5.26 Å². The first-order valence-electron chi connectivity index (χ1n) is 5.79. The molecule has 0 aromatic heterocycles. The third-order valence-corrected chi connectivity index (χ3v) is 3.13. The van der Waals surface area contributed by atoms with Crippen LogP contribution in [0.4, 0.5) is 0 Å². The number of amides is 1. The highest BCUT2D eigenvalue weighted by atomic mass is 16.2. The number of hydrogen-bond acceptors (Lipinski definition) is 4. The van der Waals surface area contributed by atoms with Gasteiger partial charge in [0, 0.05) is 19.1 Å². The number of likely N-dealkylation sites (tertiary alicyclic amines) is 1. The molecule has 2 atom stereocenters. The van der Waals surface area contributed by atoms with E-state index in [0.717, 1.165) is 25.9 Å². The largest absolute Gasteiger partial charge is 0.342 e. The molecule has 1 aliphatic rings. The maximum atomic E-state index is 11.4. The maximum Gasteiger partial charge on any atom is 0.235 e. The lowest BCUT2D eigenvalue weighted by atomic mass is 9.91. The monoisotopic (exact) mass is 224 g/mol. The summed E-state index contributed by atoms with van der Waals surface area (Å²) in [5.41, 5.74) is 5.99. The fourth-order valence-electron chi connectivity index (χ4n) is 2.10. The molecule has 0 radical (unpaired) electrons. The molecule has 0 spiro atoms. The molecular formula is C11H20N4O. The number of nitrogens with two attached hydrogens (primary N) is 1.